The van der Waals surface area contributed by atoms with Crippen LogP contribution in [0, 0.1) is 0 Å². The minimum absolute atomic E-state index is 0.515. The van der Waals surface area contributed by atoms with Crippen molar-refractivity contribution in [1.82, 2.24) is 14.4 Å². The Labute approximate surface area is 163 Å². The van der Waals surface area contributed by atoms with Gasteiger partial charge >= 0.3 is 0 Å². The van der Waals surface area contributed by atoms with Crippen molar-refractivity contribution in [3.05, 3.63) is 84.4 Å². The number of imidazole rings is 1. The molecule has 2 aromatic heterocycles. The number of hydrogen-bond donors (Lipinski definition) is 1. The van der Waals surface area contributed by atoms with Gasteiger partial charge in [0.05, 0.1) is 11.7 Å². The van der Waals surface area contributed by atoms with Crippen LogP contribution in [-0.2, 0) is 12.2 Å². The van der Waals surface area contributed by atoms with Crippen LogP contribution >= 0.6 is 0 Å². The van der Waals surface area contributed by atoms with Crippen LogP contribution in [-0.4, -0.2) is 19.5 Å². The van der Waals surface area contributed by atoms with Gasteiger partial charge in [-0.05, 0) is 37.0 Å². The number of aliphatic hydroxyl groups is 1. The van der Waals surface area contributed by atoms with Crippen LogP contribution in [0.3, 0.4) is 0 Å². The smallest absolute Gasteiger partial charge is 0.145 e. The van der Waals surface area contributed by atoms with Gasteiger partial charge in [0.15, 0.2) is 0 Å². The summed E-state index contributed by atoms with van der Waals surface area (Å²) >= 11 is 0. The Morgan fingerprint density at radius 3 is 2.71 bits per heavy atom. The van der Waals surface area contributed by atoms with Crippen molar-refractivity contribution in [2.45, 2.75) is 31.5 Å². The second kappa shape index (κ2) is 6.77. The Morgan fingerprint density at radius 2 is 1.93 bits per heavy atom. The fourth-order valence-electron chi connectivity index (χ4n) is 3.70. The van der Waals surface area contributed by atoms with E-state index in [-0.39, 0.29) is 0 Å². The minimum atomic E-state index is -0.839. The van der Waals surface area contributed by atoms with E-state index in [0.717, 1.165) is 53.2 Å². The van der Waals surface area contributed by atoms with Gasteiger partial charge in [0.2, 0.25) is 0 Å². The molecule has 0 amide bonds. The average molecular weight is 371 g/mol. The van der Waals surface area contributed by atoms with Gasteiger partial charge in [-0.2, -0.15) is 0 Å². The van der Waals surface area contributed by atoms with Crippen molar-refractivity contribution in [3.63, 3.8) is 0 Å². The minimum Gasteiger partial charge on any atom is -0.489 e. The molecule has 1 aliphatic rings. The molecule has 0 unspecified atom stereocenters. The fraction of sp³-hybridized carbons (Fsp3) is 0.217. The predicted molar refractivity (Wildman–Crippen MR) is 107 cm³/mol. The van der Waals surface area contributed by atoms with Crippen LogP contribution in [0.25, 0.3) is 16.9 Å². The van der Waals surface area contributed by atoms with E-state index in [1.165, 1.54) is 0 Å². The van der Waals surface area contributed by atoms with E-state index in [9.17, 15) is 5.11 Å². The van der Waals surface area contributed by atoms with Crippen molar-refractivity contribution < 1.29 is 9.84 Å². The number of fused-ring (bicyclic) bond motifs is 1. The highest BCUT2D eigenvalue weighted by atomic mass is 16.5. The molecule has 2 heterocycles. The third-order valence-electron chi connectivity index (χ3n) is 5.41. The summed E-state index contributed by atoms with van der Waals surface area (Å²) in [6, 6.07) is 18.0. The first-order valence-corrected chi connectivity index (χ1v) is 9.55. The number of hydrogen-bond acceptors (Lipinski definition) is 4. The van der Waals surface area contributed by atoms with E-state index in [0.29, 0.717) is 6.61 Å². The van der Waals surface area contributed by atoms with Crippen molar-refractivity contribution in [1.29, 1.82) is 0 Å². The van der Waals surface area contributed by atoms with Crippen molar-refractivity contribution in [2.24, 2.45) is 0 Å². The number of rotatable bonds is 5. The van der Waals surface area contributed by atoms with Crippen LogP contribution < -0.4 is 4.74 Å². The molecule has 28 heavy (non-hydrogen) atoms. The molecule has 0 saturated heterocycles. The second-order valence-corrected chi connectivity index (χ2v) is 7.30. The number of ether oxygens (including phenoxy) is 1. The third kappa shape index (κ3) is 2.94. The Hall–Kier alpha value is -3.18. The summed E-state index contributed by atoms with van der Waals surface area (Å²) in [7, 11) is 0. The van der Waals surface area contributed by atoms with Gasteiger partial charge < -0.3 is 9.84 Å². The molecule has 0 atom stereocenters. The lowest BCUT2D eigenvalue weighted by Crippen LogP contribution is -2.34. The molecule has 5 nitrogen and oxygen atoms in total. The van der Waals surface area contributed by atoms with Crippen molar-refractivity contribution in [3.8, 4) is 17.1 Å². The van der Waals surface area contributed by atoms with Crippen LogP contribution in [0.1, 0.15) is 30.5 Å². The normalized spacial score (nSPS) is 15.3. The lowest BCUT2D eigenvalue weighted by Gasteiger charge is -2.35. The highest BCUT2D eigenvalue weighted by molar-refractivity contribution is 5.67. The monoisotopic (exact) mass is 371 g/mol. The van der Waals surface area contributed by atoms with E-state index >= 15 is 0 Å². The van der Waals surface area contributed by atoms with Gasteiger partial charge in [-0.3, -0.25) is 9.38 Å². The summed E-state index contributed by atoms with van der Waals surface area (Å²) in [5.41, 5.74) is 2.81. The molecule has 5 heteroatoms. The summed E-state index contributed by atoms with van der Waals surface area (Å²) in [5, 5.41) is 10.9. The Balaban J connectivity index is 1.50. The predicted octanol–water partition coefficient (Wildman–Crippen LogP) is 4.35. The zero-order valence-electron chi connectivity index (χ0n) is 15.5. The Kier molecular flexibility index (Phi) is 4.10. The highest BCUT2D eigenvalue weighted by Gasteiger charge is 2.40. The van der Waals surface area contributed by atoms with E-state index in [4.69, 9.17) is 9.72 Å². The fourth-order valence-corrected chi connectivity index (χ4v) is 3.70. The molecule has 0 spiro atoms. The van der Waals surface area contributed by atoms with Gasteiger partial charge in [0, 0.05) is 18.0 Å². The zero-order valence-corrected chi connectivity index (χ0v) is 15.5. The largest absolute Gasteiger partial charge is 0.489 e. The first-order valence-electron chi connectivity index (χ1n) is 9.55. The molecule has 5 rings (SSSR count). The molecule has 1 aliphatic carbocycles. The molecular formula is C23H21N3O2. The molecule has 1 fully saturated rings. The lowest BCUT2D eigenvalue weighted by molar-refractivity contribution is -0.0409. The Morgan fingerprint density at radius 1 is 1.07 bits per heavy atom. The number of nitrogens with zero attached hydrogens (tertiary/aromatic N) is 3. The third-order valence-corrected chi connectivity index (χ3v) is 5.41. The summed E-state index contributed by atoms with van der Waals surface area (Å²) in [4.78, 5) is 9.07. The first-order chi connectivity index (χ1) is 13.7. The zero-order chi connectivity index (χ0) is 19.0. The molecular weight excluding hydrogens is 350 g/mol. The van der Waals surface area contributed by atoms with Crippen LogP contribution in [0.4, 0.5) is 0 Å². The maximum absolute atomic E-state index is 10.9. The Bertz CT molecular complexity index is 1120. The quantitative estimate of drug-likeness (QED) is 0.567. The van der Waals surface area contributed by atoms with Gasteiger partial charge in [0.1, 0.15) is 29.5 Å². The van der Waals surface area contributed by atoms with Crippen LogP contribution in [0.5, 0.6) is 5.75 Å². The topological polar surface area (TPSA) is 59.7 Å². The average Bonchev–Trinajstić information content (AvgIpc) is 3.12. The van der Waals surface area contributed by atoms with E-state index in [1.54, 1.807) is 12.4 Å². The summed E-state index contributed by atoms with van der Waals surface area (Å²) < 4.78 is 7.97. The van der Waals surface area contributed by atoms with Crippen molar-refractivity contribution in [2.75, 3.05) is 0 Å². The van der Waals surface area contributed by atoms with Gasteiger partial charge in [0.25, 0.3) is 0 Å². The second-order valence-electron chi connectivity index (χ2n) is 7.30. The molecule has 0 aliphatic heterocycles. The van der Waals surface area contributed by atoms with Gasteiger partial charge in [-0.1, -0.05) is 42.5 Å². The first kappa shape index (κ1) is 17.0. The maximum atomic E-state index is 10.9. The SMILES string of the molecule is OC1(c2nc(-c3cccc(OCc4ccccc4)c3)n3ccncc23)CCC1. The molecule has 140 valence electrons. The van der Waals surface area contributed by atoms with E-state index < -0.39 is 5.60 Å². The molecule has 4 aromatic rings. The maximum Gasteiger partial charge on any atom is 0.145 e. The highest BCUT2D eigenvalue weighted by Crippen LogP contribution is 2.43. The van der Waals surface area contributed by atoms with Crippen LogP contribution in [0.15, 0.2) is 73.2 Å². The molecule has 1 saturated carbocycles. The van der Waals surface area contributed by atoms with E-state index in [2.05, 4.69) is 4.98 Å². The molecule has 1 N–H and O–H groups in total. The molecule has 0 bridgehead atoms. The van der Waals surface area contributed by atoms with Crippen LogP contribution in [0.2, 0.25) is 0 Å². The standard InChI is InChI=1S/C23H21N3O2/c27-23(10-5-11-23)21-20-15-24-12-13-26(20)22(25-21)18-8-4-9-19(14-18)28-16-17-6-2-1-3-7-17/h1-4,6-9,12-15,27H,5,10-11,16H2. The van der Waals surface area contributed by atoms with Gasteiger partial charge in [-0.25, -0.2) is 4.98 Å². The molecule has 0 radical (unpaired) electrons. The van der Waals surface area contributed by atoms with Gasteiger partial charge in [-0.15, -0.1) is 0 Å². The number of benzene rings is 2. The number of aromatic nitrogens is 3. The molecule has 2 aromatic carbocycles. The van der Waals surface area contributed by atoms with Crippen molar-refractivity contribution >= 4 is 5.52 Å². The summed E-state index contributed by atoms with van der Waals surface area (Å²) in [6.07, 6.45) is 7.91. The lowest BCUT2D eigenvalue weighted by atomic mass is 9.77. The summed E-state index contributed by atoms with van der Waals surface area (Å²) in [6.45, 7) is 0.515. The summed E-state index contributed by atoms with van der Waals surface area (Å²) in [5.74, 6) is 1.58. The van der Waals surface area contributed by atoms with E-state index in [1.807, 2.05) is 65.2 Å².